The van der Waals surface area contributed by atoms with Crippen molar-refractivity contribution < 1.29 is 9.59 Å². The van der Waals surface area contributed by atoms with Gasteiger partial charge in [-0.25, -0.2) is 0 Å². The lowest BCUT2D eigenvalue weighted by molar-refractivity contribution is -0.143. The van der Waals surface area contributed by atoms with Gasteiger partial charge in [0, 0.05) is 18.8 Å². The van der Waals surface area contributed by atoms with Crippen LogP contribution < -0.4 is 5.32 Å². The number of rotatable bonds is 5. The van der Waals surface area contributed by atoms with Crippen LogP contribution in [0.3, 0.4) is 0 Å². The van der Waals surface area contributed by atoms with Crippen LogP contribution in [0.2, 0.25) is 0 Å². The summed E-state index contributed by atoms with van der Waals surface area (Å²) in [6.07, 6.45) is 1.70. The Bertz CT molecular complexity index is 438. The van der Waals surface area contributed by atoms with E-state index < -0.39 is 11.8 Å². The van der Waals surface area contributed by atoms with Crippen LogP contribution in [0.1, 0.15) is 32.3 Å². The largest absolute Gasteiger partial charge is 0.334 e. The molecule has 0 saturated carbocycles. The summed E-state index contributed by atoms with van der Waals surface area (Å²) in [6, 6.07) is 7.42. The summed E-state index contributed by atoms with van der Waals surface area (Å²) in [5.41, 5.74) is 1.70. The summed E-state index contributed by atoms with van der Waals surface area (Å²) >= 11 is 0. The number of carbonyl (C=O) groups is 2. The van der Waals surface area contributed by atoms with E-state index in [4.69, 9.17) is 0 Å². The summed E-state index contributed by atoms with van der Waals surface area (Å²) in [5, 5.41) is 2.65. The van der Waals surface area contributed by atoms with Crippen molar-refractivity contribution in [1.82, 2.24) is 4.90 Å². The third-order valence-electron chi connectivity index (χ3n) is 2.74. The minimum absolute atomic E-state index is 0.454. The fourth-order valence-corrected chi connectivity index (χ4v) is 1.91. The first-order valence-electron chi connectivity index (χ1n) is 6.75. The number of nitrogens with zero attached hydrogens (tertiary/aromatic N) is 1. The van der Waals surface area contributed by atoms with Gasteiger partial charge in [0.1, 0.15) is 0 Å². The van der Waals surface area contributed by atoms with Crippen molar-refractivity contribution >= 4 is 17.5 Å². The number of benzene rings is 1. The highest BCUT2D eigenvalue weighted by molar-refractivity contribution is 6.39. The van der Waals surface area contributed by atoms with E-state index in [2.05, 4.69) is 5.32 Å². The Kier molecular flexibility index (Phi) is 6.06. The normalized spacial score (nSPS) is 10.1. The first kappa shape index (κ1) is 15.2. The molecule has 1 N–H and O–H groups in total. The smallest absolute Gasteiger partial charge is 0.313 e. The van der Waals surface area contributed by atoms with Gasteiger partial charge < -0.3 is 10.2 Å². The van der Waals surface area contributed by atoms with Crippen LogP contribution in [0.15, 0.2) is 24.3 Å². The van der Waals surface area contributed by atoms with Crippen molar-refractivity contribution in [3.8, 4) is 0 Å². The van der Waals surface area contributed by atoms with Crippen LogP contribution in [-0.2, 0) is 9.59 Å². The highest BCUT2D eigenvalue weighted by Crippen LogP contribution is 2.09. The van der Waals surface area contributed by atoms with Crippen molar-refractivity contribution in [2.75, 3.05) is 18.4 Å². The van der Waals surface area contributed by atoms with Gasteiger partial charge in [-0.1, -0.05) is 26.0 Å². The minimum atomic E-state index is -0.562. The molecule has 0 heterocycles. The molecule has 1 aromatic carbocycles. The molecule has 0 spiro atoms. The highest BCUT2D eigenvalue weighted by atomic mass is 16.2. The Labute approximate surface area is 114 Å². The SMILES string of the molecule is CCCN(CCC)C(=O)C(=O)Nc1cccc(C)c1. The van der Waals surface area contributed by atoms with Crippen LogP contribution in [0.4, 0.5) is 5.69 Å². The molecule has 0 aliphatic carbocycles. The van der Waals surface area contributed by atoms with E-state index in [0.29, 0.717) is 18.8 Å². The van der Waals surface area contributed by atoms with Crippen molar-refractivity contribution in [2.24, 2.45) is 0 Å². The first-order chi connectivity index (χ1) is 9.08. The summed E-state index contributed by atoms with van der Waals surface area (Å²) in [6.45, 7) is 7.17. The quantitative estimate of drug-likeness (QED) is 0.829. The van der Waals surface area contributed by atoms with Gasteiger partial charge in [0.05, 0.1) is 0 Å². The molecule has 1 aromatic rings. The number of amides is 2. The predicted octanol–water partition coefficient (Wildman–Crippen LogP) is 2.58. The fourth-order valence-electron chi connectivity index (χ4n) is 1.91. The second kappa shape index (κ2) is 7.56. The maximum atomic E-state index is 12.0. The zero-order valence-electron chi connectivity index (χ0n) is 11.9. The Morgan fingerprint density at radius 2 is 1.79 bits per heavy atom. The number of hydrogen-bond donors (Lipinski definition) is 1. The molecule has 0 fully saturated rings. The van der Waals surface area contributed by atoms with E-state index in [0.717, 1.165) is 18.4 Å². The molecule has 2 amide bonds. The lowest BCUT2D eigenvalue weighted by atomic mass is 10.2. The molecule has 0 unspecified atom stereocenters. The number of carbonyl (C=O) groups excluding carboxylic acids is 2. The van der Waals surface area contributed by atoms with Crippen molar-refractivity contribution in [3.05, 3.63) is 29.8 Å². The van der Waals surface area contributed by atoms with Gasteiger partial charge in [-0.2, -0.15) is 0 Å². The molecule has 0 saturated heterocycles. The molecule has 104 valence electrons. The number of anilines is 1. The second-order valence-corrected chi connectivity index (χ2v) is 4.62. The average Bonchev–Trinajstić information content (AvgIpc) is 2.37. The van der Waals surface area contributed by atoms with Gasteiger partial charge >= 0.3 is 11.8 Å². The Hall–Kier alpha value is -1.84. The predicted molar refractivity (Wildman–Crippen MR) is 77.0 cm³/mol. The number of hydrogen-bond acceptors (Lipinski definition) is 2. The zero-order valence-corrected chi connectivity index (χ0v) is 11.9. The second-order valence-electron chi connectivity index (χ2n) is 4.62. The van der Waals surface area contributed by atoms with E-state index in [9.17, 15) is 9.59 Å². The van der Waals surface area contributed by atoms with E-state index in [-0.39, 0.29) is 0 Å². The fraction of sp³-hybridized carbons (Fsp3) is 0.467. The first-order valence-corrected chi connectivity index (χ1v) is 6.75. The van der Waals surface area contributed by atoms with E-state index in [1.54, 1.807) is 11.0 Å². The summed E-state index contributed by atoms with van der Waals surface area (Å²) in [5.74, 6) is -1.02. The van der Waals surface area contributed by atoms with Gasteiger partial charge in [-0.3, -0.25) is 9.59 Å². The lowest BCUT2D eigenvalue weighted by Crippen LogP contribution is -2.40. The van der Waals surface area contributed by atoms with Crippen molar-refractivity contribution in [2.45, 2.75) is 33.6 Å². The van der Waals surface area contributed by atoms with Gasteiger partial charge in [0.25, 0.3) is 0 Å². The molecule has 0 radical (unpaired) electrons. The maximum absolute atomic E-state index is 12.0. The minimum Gasteiger partial charge on any atom is -0.334 e. The van der Waals surface area contributed by atoms with Crippen LogP contribution >= 0.6 is 0 Å². The number of aryl methyl sites for hydroxylation is 1. The van der Waals surface area contributed by atoms with Crippen LogP contribution in [0.25, 0.3) is 0 Å². The summed E-state index contributed by atoms with van der Waals surface area (Å²) in [4.78, 5) is 25.5. The molecule has 4 heteroatoms. The van der Waals surface area contributed by atoms with Crippen LogP contribution in [0, 0.1) is 6.92 Å². The molecule has 4 nitrogen and oxygen atoms in total. The van der Waals surface area contributed by atoms with E-state index >= 15 is 0 Å². The molecular formula is C15H22N2O2. The van der Waals surface area contributed by atoms with Gasteiger partial charge in [-0.05, 0) is 37.5 Å². The van der Waals surface area contributed by atoms with E-state index in [1.807, 2.05) is 39.0 Å². The lowest BCUT2D eigenvalue weighted by Gasteiger charge is -2.20. The van der Waals surface area contributed by atoms with Crippen LogP contribution in [-0.4, -0.2) is 29.8 Å². The third-order valence-corrected chi connectivity index (χ3v) is 2.74. The molecular weight excluding hydrogens is 240 g/mol. The third kappa shape index (κ3) is 4.73. The van der Waals surface area contributed by atoms with E-state index in [1.165, 1.54) is 0 Å². The molecule has 0 aliphatic heterocycles. The summed E-state index contributed by atoms with van der Waals surface area (Å²) in [7, 11) is 0. The Morgan fingerprint density at radius 3 is 2.32 bits per heavy atom. The highest BCUT2D eigenvalue weighted by Gasteiger charge is 2.20. The molecule has 0 aliphatic rings. The Morgan fingerprint density at radius 1 is 1.16 bits per heavy atom. The van der Waals surface area contributed by atoms with Crippen molar-refractivity contribution in [1.29, 1.82) is 0 Å². The van der Waals surface area contributed by atoms with Gasteiger partial charge in [0.2, 0.25) is 0 Å². The molecule has 0 atom stereocenters. The van der Waals surface area contributed by atoms with Gasteiger partial charge in [0.15, 0.2) is 0 Å². The standard InChI is InChI=1S/C15H22N2O2/c1-4-9-17(10-5-2)15(19)14(18)16-13-8-6-7-12(3)11-13/h6-8,11H,4-5,9-10H2,1-3H3,(H,16,18). The topological polar surface area (TPSA) is 49.4 Å². The zero-order chi connectivity index (χ0) is 14.3. The summed E-state index contributed by atoms with van der Waals surface area (Å²) < 4.78 is 0. The molecule has 1 rings (SSSR count). The monoisotopic (exact) mass is 262 g/mol. The molecule has 0 bridgehead atoms. The van der Waals surface area contributed by atoms with Gasteiger partial charge in [-0.15, -0.1) is 0 Å². The van der Waals surface area contributed by atoms with Crippen LogP contribution in [0.5, 0.6) is 0 Å². The maximum Gasteiger partial charge on any atom is 0.313 e. The molecule has 0 aromatic heterocycles. The number of nitrogens with one attached hydrogen (secondary N) is 1. The molecule has 19 heavy (non-hydrogen) atoms. The Balaban J connectivity index is 2.68. The van der Waals surface area contributed by atoms with Crippen molar-refractivity contribution in [3.63, 3.8) is 0 Å². The average molecular weight is 262 g/mol.